The number of ether oxygens (including phenoxy) is 1. The molecule has 1 saturated heterocycles. The molecule has 2 aromatic carbocycles. The van der Waals surface area contributed by atoms with E-state index in [0.29, 0.717) is 30.0 Å². The zero-order valence-corrected chi connectivity index (χ0v) is 19.0. The van der Waals surface area contributed by atoms with Gasteiger partial charge in [-0.15, -0.1) is 0 Å². The fourth-order valence-corrected chi connectivity index (χ4v) is 3.92. The molecule has 1 amide bonds. The number of amides is 1. The largest absolute Gasteiger partial charge is 0.497 e. The highest BCUT2D eigenvalue weighted by Gasteiger charge is 2.29. The van der Waals surface area contributed by atoms with Crippen LogP contribution in [0, 0.1) is 11.3 Å². The van der Waals surface area contributed by atoms with Crippen LogP contribution in [0.3, 0.4) is 0 Å². The van der Waals surface area contributed by atoms with Gasteiger partial charge in [0.2, 0.25) is 5.91 Å². The van der Waals surface area contributed by atoms with Crippen LogP contribution in [0.5, 0.6) is 5.75 Å². The van der Waals surface area contributed by atoms with Crippen LogP contribution in [-0.4, -0.2) is 67.7 Å². The number of methoxy groups -OCH3 is 1. The van der Waals surface area contributed by atoms with E-state index >= 15 is 0 Å². The zero-order valence-electron chi connectivity index (χ0n) is 19.0. The van der Waals surface area contributed by atoms with Gasteiger partial charge in [-0.05, 0) is 43.3 Å². The first-order valence-corrected chi connectivity index (χ1v) is 11.1. The van der Waals surface area contributed by atoms with Gasteiger partial charge in [-0.2, -0.15) is 5.26 Å². The summed E-state index contributed by atoms with van der Waals surface area (Å²) in [5.74, 6) is 0.0240. The minimum atomic E-state index is -1.03. The van der Waals surface area contributed by atoms with Crippen molar-refractivity contribution in [3.8, 4) is 11.8 Å². The van der Waals surface area contributed by atoms with Crippen LogP contribution in [0.25, 0.3) is 11.0 Å². The summed E-state index contributed by atoms with van der Waals surface area (Å²) in [6.07, 6.45) is 0.655. The minimum Gasteiger partial charge on any atom is -0.497 e. The number of carbonyl (C=O) groups excluding carboxylic acids is 1. The normalized spacial score (nSPS) is 15.1. The van der Waals surface area contributed by atoms with E-state index in [1.54, 1.807) is 7.11 Å². The second kappa shape index (κ2) is 10.3. The summed E-state index contributed by atoms with van der Waals surface area (Å²) in [6.45, 7) is 3.74. The summed E-state index contributed by atoms with van der Waals surface area (Å²) in [7, 11) is 3.71. The SMILES string of the molecule is COc1ccc(CCNC(=O)C(C#N)c2nc3ccccc3nc2N2CCN(C)CC2)cc1. The smallest absolute Gasteiger partial charge is 0.243 e. The van der Waals surface area contributed by atoms with Crippen molar-refractivity contribution in [2.45, 2.75) is 12.3 Å². The van der Waals surface area contributed by atoms with Crippen molar-refractivity contribution in [2.75, 3.05) is 51.8 Å². The number of hydrogen-bond donors (Lipinski definition) is 1. The molecule has 0 aliphatic carbocycles. The van der Waals surface area contributed by atoms with Crippen LogP contribution < -0.4 is 15.0 Å². The molecule has 8 heteroatoms. The molecule has 170 valence electrons. The number of fused-ring (bicyclic) bond motifs is 1. The highest BCUT2D eigenvalue weighted by atomic mass is 16.5. The molecule has 33 heavy (non-hydrogen) atoms. The highest BCUT2D eigenvalue weighted by molar-refractivity contribution is 5.88. The number of anilines is 1. The molecule has 1 N–H and O–H groups in total. The van der Waals surface area contributed by atoms with Crippen LogP contribution in [-0.2, 0) is 11.2 Å². The number of piperazine rings is 1. The lowest BCUT2D eigenvalue weighted by atomic mass is 10.0. The van der Waals surface area contributed by atoms with Crippen LogP contribution >= 0.6 is 0 Å². The molecule has 1 aliphatic rings. The standard InChI is InChI=1S/C25H28N6O2/c1-30-13-15-31(16-14-30)24-23(28-21-5-3-4-6-22(21)29-24)20(17-26)25(32)27-12-11-18-7-9-19(33-2)10-8-18/h3-10,20H,11-16H2,1-2H3,(H,27,32). The van der Waals surface area contributed by atoms with Gasteiger partial charge in [0.15, 0.2) is 11.7 Å². The molecule has 2 heterocycles. The van der Waals surface area contributed by atoms with Gasteiger partial charge in [-0.3, -0.25) is 4.79 Å². The average molecular weight is 445 g/mol. The molecule has 3 aromatic rings. The summed E-state index contributed by atoms with van der Waals surface area (Å²) in [6, 6.07) is 17.4. The van der Waals surface area contributed by atoms with Crippen molar-refractivity contribution in [3.63, 3.8) is 0 Å². The van der Waals surface area contributed by atoms with E-state index in [-0.39, 0.29) is 5.91 Å². The Labute approximate surface area is 193 Å². The maximum absolute atomic E-state index is 13.0. The minimum absolute atomic E-state index is 0.356. The van der Waals surface area contributed by atoms with Gasteiger partial charge in [-0.25, -0.2) is 9.97 Å². The summed E-state index contributed by atoms with van der Waals surface area (Å²) < 4.78 is 5.18. The summed E-state index contributed by atoms with van der Waals surface area (Å²) in [5.41, 5.74) is 2.93. The van der Waals surface area contributed by atoms with Crippen LogP contribution in [0.1, 0.15) is 17.2 Å². The third-order valence-electron chi connectivity index (χ3n) is 5.92. The highest BCUT2D eigenvalue weighted by Crippen LogP contribution is 2.28. The Morgan fingerprint density at radius 3 is 2.39 bits per heavy atom. The first-order chi connectivity index (χ1) is 16.1. The Hall–Kier alpha value is -3.70. The average Bonchev–Trinajstić information content (AvgIpc) is 2.85. The molecular formula is C25H28N6O2. The van der Waals surface area contributed by atoms with E-state index in [1.807, 2.05) is 48.5 Å². The number of nitrogens with zero attached hydrogens (tertiary/aromatic N) is 5. The van der Waals surface area contributed by atoms with E-state index in [4.69, 9.17) is 14.7 Å². The van der Waals surface area contributed by atoms with Gasteiger partial charge < -0.3 is 19.9 Å². The lowest BCUT2D eigenvalue weighted by Crippen LogP contribution is -2.45. The molecule has 1 atom stereocenters. The van der Waals surface area contributed by atoms with Crippen molar-refractivity contribution < 1.29 is 9.53 Å². The van der Waals surface area contributed by atoms with Crippen molar-refractivity contribution in [1.82, 2.24) is 20.2 Å². The summed E-state index contributed by atoms with van der Waals surface area (Å²) in [5, 5.41) is 12.8. The third-order valence-corrected chi connectivity index (χ3v) is 5.92. The second-order valence-corrected chi connectivity index (χ2v) is 8.16. The van der Waals surface area contributed by atoms with Crippen LogP contribution in [0.4, 0.5) is 5.82 Å². The fourth-order valence-electron chi connectivity index (χ4n) is 3.92. The molecule has 4 rings (SSSR count). The van der Waals surface area contributed by atoms with Crippen molar-refractivity contribution in [1.29, 1.82) is 5.26 Å². The van der Waals surface area contributed by atoms with Gasteiger partial charge >= 0.3 is 0 Å². The number of hydrogen-bond acceptors (Lipinski definition) is 7. The molecule has 0 spiro atoms. The summed E-state index contributed by atoms with van der Waals surface area (Å²) >= 11 is 0. The monoisotopic (exact) mass is 444 g/mol. The number of rotatable bonds is 7. The Morgan fingerprint density at radius 1 is 1.09 bits per heavy atom. The number of nitrogens with one attached hydrogen (secondary N) is 1. The molecule has 1 unspecified atom stereocenters. The predicted octanol–water partition coefficient (Wildman–Crippen LogP) is 2.36. The van der Waals surface area contributed by atoms with Gasteiger partial charge in [0.25, 0.3) is 0 Å². The molecule has 0 radical (unpaired) electrons. The number of nitriles is 1. The van der Waals surface area contributed by atoms with Gasteiger partial charge in [0.05, 0.1) is 24.2 Å². The van der Waals surface area contributed by atoms with E-state index < -0.39 is 5.92 Å². The van der Waals surface area contributed by atoms with Crippen LogP contribution in [0.2, 0.25) is 0 Å². The Kier molecular flexibility index (Phi) is 7.01. The fraction of sp³-hybridized carbons (Fsp3) is 0.360. The lowest BCUT2D eigenvalue weighted by Gasteiger charge is -2.34. The Balaban J connectivity index is 1.54. The maximum Gasteiger partial charge on any atom is 0.243 e. The third kappa shape index (κ3) is 5.21. The number of likely N-dealkylation sites (N-methyl/N-ethyl adjacent to an activating group) is 1. The van der Waals surface area contributed by atoms with Gasteiger partial charge in [0.1, 0.15) is 11.4 Å². The molecule has 1 aromatic heterocycles. The first kappa shape index (κ1) is 22.5. The summed E-state index contributed by atoms with van der Waals surface area (Å²) in [4.78, 5) is 27.0. The number of benzene rings is 2. The predicted molar refractivity (Wildman–Crippen MR) is 127 cm³/mol. The van der Waals surface area contributed by atoms with E-state index in [0.717, 1.165) is 43.0 Å². The first-order valence-electron chi connectivity index (χ1n) is 11.1. The lowest BCUT2D eigenvalue weighted by molar-refractivity contribution is -0.121. The number of carbonyl (C=O) groups is 1. The zero-order chi connectivity index (χ0) is 23.2. The molecule has 1 fully saturated rings. The van der Waals surface area contributed by atoms with Gasteiger partial charge in [0, 0.05) is 32.7 Å². The van der Waals surface area contributed by atoms with Crippen LogP contribution in [0.15, 0.2) is 48.5 Å². The van der Waals surface area contributed by atoms with E-state index in [1.165, 1.54) is 0 Å². The van der Waals surface area contributed by atoms with Crippen molar-refractivity contribution in [2.24, 2.45) is 0 Å². The quantitative estimate of drug-likeness (QED) is 0.598. The van der Waals surface area contributed by atoms with Crippen molar-refractivity contribution in [3.05, 3.63) is 59.8 Å². The number of para-hydroxylation sites is 2. The second-order valence-electron chi connectivity index (χ2n) is 8.16. The molecule has 0 bridgehead atoms. The van der Waals surface area contributed by atoms with E-state index in [2.05, 4.69) is 28.2 Å². The maximum atomic E-state index is 13.0. The number of aromatic nitrogens is 2. The Bertz CT molecular complexity index is 1150. The molecular weight excluding hydrogens is 416 g/mol. The molecule has 1 aliphatic heterocycles. The van der Waals surface area contributed by atoms with E-state index in [9.17, 15) is 10.1 Å². The van der Waals surface area contributed by atoms with Gasteiger partial charge in [-0.1, -0.05) is 24.3 Å². The topological polar surface area (TPSA) is 94.4 Å². The molecule has 8 nitrogen and oxygen atoms in total. The molecule has 0 saturated carbocycles. The van der Waals surface area contributed by atoms with Crippen molar-refractivity contribution >= 4 is 22.8 Å². The Morgan fingerprint density at radius 2 is 1.76 bits per heavy atom.